The molecule has 0 aliphatic rings. The first-order chi connectivity index (χ1) is 9.58. The van der Waals surface area contributed by atoms with Gasteiger partial charge in [-0.15, -0.1) is 0 Å². The van der Waals surface area contributed by atoms with Crippen molar-refractivity contribution < 1.29 is 9.18 Å². The summed E-state index contributed by atoms with van der Waals surface area (Å²) in [5.74, 6) is -0.755. The van der Waals surface area contributed by atoms with Gasteiger partial charge < -0.3 is 5.32 Å². The van der Waals surface area contributed by atoms with E-state index in [1.54, 1.807) is 24.5 Å². The van der Waals surface area contributed by atoms with E-state index in [2.05, 4.69) is 10.3 Å². The van der Waals surface area contributed by atoms with Crippen LogP contribution < -0.4 is 5.32 Å². The van der Waals surface area contributed by atoms with Gasteiger partial charge in [0.25, 0.3) is 0 Å². The van der Waals surface area contributed by atoms with Crippen molar-refractivity contribution in [2.24, 2.45) is 0 Å². The maximum absolute atomic E-state index is 13.6. The van der Waals surface area contributed by atoms with Gasteiger partial charge in [0, 0.05) is 23.0 Å². The molecule has 1 heterocycles. The first-order valence-corrected chi connectivity index (χ1v) is 6.58. The fraction of sp³-hybridized carbons (Fsp3) is 0.200. The Morgan fingerprint density at radius 1 is 1.40 bits per heavy atom. The largest absolute Gasteiger partial charge is 0.349 e. The lowest BCUT2D eigenvalue weighted by atomic mass is 10.1. The van der Waals surface area contributed by atoms with Crippen LogP contribution in [0.15, 0.2) is 42.7 Å². The highest BCUT2D eigenvalue weighted by Gasteiger charge is 2.14. The molecule has 3 nitrogen and oxygen atoms in total. The van der Waals surface area contributed by atoms with Crippen molar-refractivity contribution in [2.45, 2.75) is 19.4 Å². The van der Waals surface area contributed by atoms with Crippen LogP contribution in [0.3, 0.4) is 0 Å². The minimum absolute atomic E-state index is 0.0872. The van der Waals surface area contributed by atoms with Gasteiger partial charge in [0.15, 0.2) is 0 Å². The summed E-state index contributed by atoms with van der Waals surface area (Å²) in [6.07, 6.45) is 3.26. The number of pyridine rings is 1. The summed E-state index contributed by atoms with van der Waals surface area (Å²) in [5, 5.41) is 3.05. The van der Waals surface area contributed by atoms with Crippen molar-refractivity contribution in [3.05, 3.63) is 64.7 Å². The second-order valence-electron chi connectivity index (χ2n) is 4.45. The third-order valence-electron chi connectivity index (χ3n) is 2.96. The summed E-state index contributed by atoms with van der Waals surface area (Å²) in [5.41, 5.74) is 1.10. The van der Waals surface area contributed by atoms with E-state index in [9.17, 15) is 9.18 Å². The molecule has 0 saturated heterocycles. The van der Waals surface area contributed by atoms with E-state index in [1.807, 2.05) is 13.0 Å². The lowest BCUT2D eigenvalue weighted by Crippen LogP contribution is -2.28. The van der Waals surface area contributed by atoms with Crippen molar-refractivity contribution >= 4 is 17.5 Å². The monoisotopic (exact) mass is 292 g/mol. The zero-order valence-electron chi connectivity index (χ0n) is 10.9. The van der Waals surface area contributed by atoms with Gasteiger partial charge in [-0.1, -0.05) is 23.7 Å². The molecule has 0 spiro atoms. The van der Waals surface area contributed by atoms with Gasteiger partial charge in [-0.2, -0.15) is 0 Å². The Morgan fingerprint density at radius 3 is 2.85 bits per heavy atom. The highest BCUT2D eigenvalue weighted by molar-refractivity contribution is 6.31. The second-order valence-corrected chi connectivity index (χ2v) is 4.86. The predicted molar refractivity (Wildman–Crippen MR) is 75.9 cm³/mol. The average Bonchev–Trinajstić information content (AvgIpc) is 2.44. The Labute approximate surface area is 121 Å². The standard InChI is InChI=1S/C15H14ClFN2O/c1-10(11-4-3-7-18-9-11)19-15(20)8-12-13(16)5-2-6-14(12)17/h2-7,9-10H,8H2,1H3,(H,19,20)/t10-/m0/s1. The van der Waals surface area contributed by atoms with Crippen LogP contribution in [0.4, 0.5) is 4.39 Å². The molecule has 0 saturated carbocycles. The van der Waals surface area contributed by atoms with Gasteiger partial charge in [-0.25, -0.2) is 4.39 Å². The molecule has 1 N–H and O–H groups in total. The Balaban J connectivity index is 2.03. The van der Waals surface area contributed by atoms with E-state index in [-0.39, 0.29) is 29.0 Å². The van der Waals surface area contributed by atoms with Crippen LogP contribution in [0.25, 0.3) is 0 Å². The Kier molecular flexibility index (Phi) is 4.69. The van der Waals surface area contributed by atoms with Gasteiger partial charge in [0.1, 0.15) is 5.82 Å². The maximum atomic E-state index is 13.6. The number of amides is 1. The van der Waals surface area contributed by atoms with Gasteiger partial charge in [0.05, 0.1) is 12.5 Å². The van der Waals surface area contributed by atoms with E-state index in [0.717, 1.165) is 5.56 Å². The van der Waals surface area contributed by atoms with Crippen molar-refractivity contribution in [1.82, 2.24) is 10.3 Å². The maximum Gasteiger partial charge on any atom is 0.225 e. The van der Waals surface area contributed by atoms with Gasteiger partial charge in [-0.05, 0) is 30.7 Å². The lowest BCUT2D eigenvalue weighted by molar-refractivity contribution is -0.121. The topological polar surface area (TPSA) is 42.0 Å². The van der Waals surface area contributed by atoms with Crippen molar-refractivity contribution in [2.75, 3.05) is 0 Å². The van der Waals surface area contributed by atoms with Gasteiger partial charge >= 0.3 is 0 Å². The third kappa shape index (κ3) is 3.54. The Morgan fingerprint density at radius 2 is 2.20 bits per heavy atom. The number of hydrogen-bond acceptors (Lipinski definition) is 2. The Hall–Kier alpha value is -1.94. The first kappa shape index (κ1) is 14.5. The first-order valence-electron chi connectivity index (χ1n) is 6.20. The minimum Gasteiger partial charge on any atom is -0.349 e. The molecule has 0 radical (unpaired) electrons. The molecule has 20 heavy (non-hydrogen) atoms. The predicted octanol–water partition coefficient (Wildman–Crippen LogP) is 3.29. The summed E-state index contributed by atoms with van der Waals surface area (Å²) in [6.45, 7) is 1.85. The number of nitrogens with zero attached hydrogens (tertiary/aromatic N) is 1. The molecule has 0 bridgehead atoms. The van der Waals surface area contributed by atoms with Crippen LogP contribution >= 0.6 is 11.6 Å². The van der Waals surface area contributed by atoms with E-state index in [0.29, 0.717) is 0 Å². The molecule has 104 valence electrons. The molecule has 1 amide bonds. The normalized spacial score (nSPS) is 11.9. The summed E-state index contributed by atoms with van der Waals surface area (Å²) in [4.78, 5) is 15.9. The molecule has 0 fully saturated rings. The van der Waals surface area contributed by atoms with Crippen LogP contribution in [-0.2, 0) is 11.2 Å². The van der Waals surface area contributed by atoms with Crippen LogP contribution in [-0.4, -0.2) is 10.9 Å². The number of carbonyl (C=O) groups is 1. The zero-order valence-corrected chi connectivity index (χ0v) is 11.7. The number of rotatable bonds is 4. The van der Waals surface area contributed by atoms with Crippen LogP contribution in [0.2, 0.25) is 5.02 Å². The quantitative estimate of drug-likeness (QED) is 0.939. The number of aromatic nitrogens is 1. The summed E-state index contributed by atoms with van der Waals surface area (Å²) in [6, 6.07) is 7.84. The number of nitrogens with one attached hydrogen (secondary N) is 1. The van der Waals surface area contributed by atoms with Crippen LogP contribution in [0.1, 0.15) is 24.1 Å². The molecule has 1 atom stereocenters. The number of benzene rings is 1. The van der Waals surface area contributed by atoms with E-state index in [1.165, 1.54) is 12.1 Å². The SMILES string of the molecule is C[C@H](NC(=O)Cc1c(F)cccc1Cl)c1cccnc1. The molecular weight excluding hydrogens is 279 g/mol. The van der Waals surface area contributed by atoms with E-state index >= 15 is 0 Å². The van der Waals surface area contributed by atoms with Crippen molar-refractivity contribution in [3.63, 3.8) is 0 Å². The Bertz CT molecular complexity index is 584. The lowest BCUT2D eigenvalue weighted by Gasteiger charge is -2.14. The molecule has 2 rings (SSSR count). The number of hydrogen-bond donors (Lipinski definition) is 1. The fourth-order valence-electron chi connectivity index (χ4n) is 1.87. The highest BCUT2D eigenvalue weighted by Crippen LogP contribution is 2.20. The number of carbonyl (C=O) groups excluding carboxylic acids is 1. The molecule has 0 aliphatic carbocycles. The van der Waals surface area contributed by atoms with Crippen LogP contribution in [0, 0.1) is 5.82 Å². The average molecular weight is 293 g/mol. The van der Waals surface area contributed by atoms with E-state index in [4.69, 9.17) is 11.6 Å². The molecule has 2 aromatic rings. The van der Waals surface area contributed by atoms with E-state index < -0.39 is 5.82 Å². The summed E-state index contributed by atoms with van der Waals surface area (Å²) in [7, 11) is 0. The van der Waals surface area contributed by atoms with Crippen molar-refractivity contribution in [3.8, 4) is 0 Å². The smallest absolute Gasteiger partial charge is 0.225 e. The molecule has 0 unspecified atom stereocenters. The molecular formula is C15H14ClFN2O. The fourth-order valence-corrected chi connectivity index (χ4v) is 2.10. The summed E-state index contributed by atoms with van der Waals surface area (Å²) < 4.78 is 13.6. The minimum atomic E-state index is -0.471. The molecule has 1 aromatic carbocycles. The van der Waals surface area contributed by atoms with Gasteiger partial charge in [-0.3, -0.25) is 9.78 Å². The molecule has 0 aliphatic heterocycles. The molecule has 5 heteroatoms. The van der Waals surface area contributed by atoms with Crippen LogP contribution in [0.5, 0.6) is 0 Å². The van der Waals surface area contributed by atoms with Gasteiger partial charge in [0.2, 0.25) is 5.91 Å². The third-order valence-corrected chi connectivity index (χ3v) is 3.32. The highest BCUT2D eigenvalue weighted by atomic mass is 35.5. The summed E-state index contributed by atoms with van der Waals surface area (Å²) >= 11 is 5.90. The molecule has 1 aromatic heterocycles. The zero-order chi connectivity index (χ0) is 14.5. The number of halogens is 2. The second kappa shape index (κ2) is 6.48. The van der Waals surface area contributed by atoms with Crippen molar-refractivity contribution in [1.29, 1.82) is 0 Å².